The second kappa shape index (κ2) is 14.2. The molecular weight excluding hydrogens is 648 g/mol. The molecule has 1 heterocycles. The maximum atomic E-state index is 13.1. The lowest BCUT2D eigenvalue weighted by molar-refractivity contribution is -0.118. The van der Waals surface area contributed by atoms with Gasteiger partial charge in [0.25, 0.3) is 11.6 Å². The van der Waals surface area contributed by atoms with E-state index in [0.29, 0.717) is 40.6 Å². The summed E-state index contributed by atoms with van der Waals surface area (Å²) in [6, 6.07) is 8.20. The van der Waals surface area contributed by atoms with Crippen molar-refractivity contribution in [2.24, 2.45) is 16.6 Å². The number of carbonyl (C=O) groups is 1. The molecule has 2 aromatic rings. The molecule has 10 nitrogen and oxygen atoms in total. The third-order valence-electron chi connectivity index (χ3n) is 4.72. The van der Waals surface area contributed by atoms with Gasteiger partial charge in [-0.05, 0) is 70.9 Å². The van der Waals surface area contributed by atoms with Gasteiger partial charge in [-0.15, -0.1) is 11.3 Å². The van der Waals surface area contributed by atoms with E-state index in [1.807, 2.05) is 20.8 Å². The molecule has 0 aliphatic carbocycles. The molecule has 37 heavy (non-hydrogen) atoms. The van der Waals surface area contributed by atoms with Crippen LogP contribution >= 0.6 is 39.2 Å². The van der Waals surface area contributed by atoms with Gasteiger partial charge >= 0.3 is 0 Å². The van der Waals surface area contributed by atoms with E-state index in [1.54, 1.807) is 29.6 Å². The van der Waals surface area contributed by atoms with Crippen LogP contribution in [-0.2, 0) is 19.3 Å². The third kappa shape index (κ3) is 9.64. The molecule has 0 saturated heterocycles. The average molecular weight is 681 g/mol. The topological polar surface area (TPSA) is 169 Å². The van der Waals surface area contributed by atoms with Crippen LogP contribution in [0.25, 0.3) is 0 Å². The second-order valence-corrected chi connectivity index (χ2v) is 14.8. The van der Waals surface area contributed by atoms with Crippen LogP contribution < -0.4 is 26.5 Å². The number of nitrogens with two attached hydrogens (primary N) is 2. The van der Waals surface area contributed by atoms with Crippen molar-refractivity contribution in [2.75, 3.05) is 24.1 Å². The summed E-state index contributed by atoms with van der Waals surface area (Å²) in [5.74, 6) is -2.21. The predicted octanol–water partition coefficient (Wildman–Crippen LogP) is 2.74. The van der Waals surface area contributed by atoms with Crippen LogP contribution in [-0.4, -0.2) is 50.4 Å². The van der Waals surface area contributed by atoms with E-state index in [-0.39, 0.29) is 17.1 Å². The number of carbonyl (C=O) groups excluding carboxylic acids is 1. The Hall–Kier alpha value is -2.06. The van der Waals surface area contributed by atoms with Crippen molar-refractivity contribution in [3.8, 4) is 0 Å². The van der Waals surface area contributed by atoms with Crippen LogP contribution in [0.4, 0.5) is 11.4 Å². The average Bonchev–Trinajstić information content (AvgIpc) is 3.33. The lowest BCUT2D eigenvalue weighted by atomic mass is 10.1. The number of hydrogen-bond donors (Lipinski definition) is 5. The SMILES string of the molecule is CCOP(I)c1cc(NS(C)(=O)=O)ccc1N=C(N)/C(C(=O)NCCC(C)C)=C(\O)C(=[NH2+])c1cccs1. The summed E-state index contributed by atoms with van der Waals surface area (Å²) in [7, 11) is -3.51. The molecule has 202 valence electrons. The van der Waals surface area contributed by atoms with Gasteiger partial charge in [0, 0.05) is 24.1 Å². The minimum atomic E-state index is -3.51. The molecular formula is C23H32IN5O5PS2+. The quantitative estimate of drug-likeness (QED) is 0.0545. The molecule has 0 aliphatic heterocycles. The van der Waals surface area contributed by atoms with E-state index >= 15 is 0 Å². The van der Waals surface area contributed by atoms with Crippen LogP contribution in [0.1, 0.15) is 32.1 Å². The van der Waals surface area contributed by atoms with Crippen molar-refractivity contribution in [3.63, 3.8) is 0 Å². The fourth-order valence-corrected chi connectivity index (χ4v) is 7.14. The molecule has 2 rings (SSSR count). The lowest BCUT2D eigenvalue weighted by Crippen LogP contribution is -2.44. The number of amidine groups is 1. The number of halogens is 1. The molecule has 1 amide bonds. The molecule has 7 N–H and O–H groups in total. The van der Waals surface area contributed by atoms with E-state index in [1.165, 1.54) is 17.4 Å². The Morgan fingerprint density at radius 3 is 2.62 bits per heavy atom. The lowest BCUT2D eigenvalue weighted by Gasteiger charge is -2.16. The summed E-state index contributed by atoms with van der Waals surface area (Å²) in [5.41, 5.74) is 6.75. The number of hydrogen-bond acceptors (Lipinski definition) is 7. The summed E-state index contributed by atoms with van der Waals surface area (Å²) in [4.78, 5) is 18.2. The van der Waals surface area contributed by atoms with Gasteiger partial charge in [-0.3, -0.25) is 9.52 Å². The van der Waals surface area contributed by atoms with Crippen molar-refractivity contribution < 1.29 is 28.3 Å². The van der Waals surface area contributed by atoms with Crippen molar-refractivity contribution in [3.05, 3.63) is 51.9 Å². The number of benzene rings is 1. The molecule has 0 aliphatic rings. The Labute approximate surface area is 235 Å². The summed E-state index contributed by atoms with van der Waals surface area (Å²) < 4.78 is 31.6. The van der Waals surface area contributed by atoms with Crippen LogP contribution in [0, 0.1) is 5.92 Å². The first kappa shape index (κ1) is 31.2. The molecule has 1 aromatic heterocycles. The van der Waals surface area contributed by atoms with Gasteiger partial charge in [-0.25, -0.2) is 18.8 Å². The number of thiophene rings is 1. The second-order valence-electron chi connectivity index (χ2n) is 8.29. The molecule has 0 fully saturated rings. The van der Waals surface area contributed by atoms with E-state index < -0.39 is 27.5 Å². The molecule has 0 bridgehead atoms. The Morgan fingerprint density at radius 1 is 1.35 bits per heavy atom. The predicted molar refractivity (Wildman–Crippen MR) is 161 cm³/mol. The molecule has 0 radical (unpaired) electrons. The Morgan fingerprint density at radius 2 is 2.05 bits per heavy atom. The number of allylic oxidation sites excluding steroid dienone is 1. The molecule has 1 aromatic carbocycles. The number of sulfonamides is 1. The highest BCUT2D eigenvalue weighted by Crippen LogP contribution is 2.47. The molecule has 1 unspecified atom stereocenters. The number of nitrogens with zero attached hydrogens (tertiary/aromatic N) is 1. The smallest absolute Gasteiger partial charge is 0.259 e. The molecule has 0 saturated carbocycles. The van der Waals surface area contributed by atoms with E-state index in [9.17, 15) is 18.3 Å². The number of aliphatic hydroxyl groups is 1. The van der Waals surface area contributed by atoms with Gasteiger partial charge in [-0.1, -0.05) is 19.9 Å². The normalized spacial score (nSPS) is 13.7. The minimum absolute atomic E-state index is 0.000503. The zero-order valence-electron chi connectivity index (χ0n) is 21.0. The van der Waals surface area contributed by atoms with Gasteiger partial charge in [-0.2, -0.15) is 0 Å². The summed E-state index contributed by atoms with van der Waals surface area (Å²) >= 11 is 3.42. The van der Waals surface area contributed by atoms with Gasteiger partial charge in [0.05, 0.1) is 11.9 Å². The van der Waals surface area contributed by atoms with Gasteiger partial charge in [0.15, 0.2) is 0 Å². The van der Waals surface area contributed by atoms with Crippen molar-refractivity contribution in [1.29, 1.82) is 0 Å². The zero-order chi connectivity index (χ0) is 27.8. The molecule has 14 heteroatoms. The number of nitrogens with one attached hydrogen (secondary N) is 2. The number of amides is 1. The number of aliphatic imine (C=N–C) groups is 1. The Bertz CT molecular complexity index is 1280. The van der Waals surface area contributed by atoms with Crippen LogP contribution in [0.3, 0.4) is 0 Å². The molecule has 1 atom stereocenters. The number of rotatable bonds is 13. The third-order valence-corrected chi connectivity index (χ3v) is 9.85. The fraction of sp³-hybridized carbons (Fsp3) is 0.348. The zero-order valence-corrected chi connectivity index (χ0v) is 25.7. The number of anilines is 1. The van der Waals surface area contributed by atoms with E-state index in [0.717, 1.165) is 12.7 Å². The van der Waals surface area contributed by atoms with Crippen LogP contribution in [0.5, 0.6) is 0 Å². The van der Waals surface area contributed by atoms with Crippen molar-refractivity contribution in [1.82, 2.24) is 5.32 Å². The maximum absolute atomic E-state index is 13.1. The summed E-state index contributed by atoms with van der Waals surface area (Å²) in [6.07, 6.45) is 1.78. The fourth-order valence-electron chi connectivity index (χ4n) is 3.00. The van der Waals surface area contributed by atoms with Crippen molar-refractivity contribution in [2.45, 2.75) is 27.2 Å². The monoisotopic (exact) mass is 680 g/mol. The van der Waals surface area contributed by atoms with E-state index in [2.05, 4.69) is 37.1 Å². The highest BCUT2D eigenvalue weighted by Gasteiger charge is 2.27. The summed E-state index contributed by atoms with van der Waals surface area (Å²) in [5, 5.41) is 22.3. The van der Waals surface area contributed by atoms with E-state index in [4.69, 9.17) is 15.7 Å². The van der Waals surface area contributed by atoms with Gasteiger partial charge in [0.2, 0.25) is 15.8 Å². The van der Waals surface area contributed by atoms with Gasteiger partial charge in [0.1, 0.15) is 22.1 Å². The number of aliphatic hydroxyl groups excluding tert-OH is 1. The highest BCUT2D eigenvalue weighted by atomic mass is 127. The first-order chi connectivity index (χ1) is 17.3. The largest absolute Gasteiger partial charge is 0.502 e. The minimum Gasteiger partial charge on any atom is -0.502 e. The van der Waals surface area contributed by atoms with Gasteiger partial charge < -0.3 is 20.7 Å². The molecule has 0 spiro atoms. The standard InChI is InChI=1S/C23H31IN5O5PS2/c1-5-34-35(24)17-13-15(29-37(4,32)33)8-9-16(17)28-22(26)19(23(31)27-11-10-14(2)3)21(30)20(25)18-7-6-12-36-18/h6-9,12-14,25,29-30H,5,10-11H2,1-4H3,(H2,26,28)(H,27,31)/p+1/b21-19+,25-20?. The first-order valence-corrected chi connectivity index (χ1v) is 18.1. The Balaban J connectivity index is 2.60. The van der Waals surface area contributed by atoms with Crippen molar-refractivity contribution >= 4 is 83.3 Å². The maximum Gasteiger partial charge on any atom is 0.259 e. The van der Waals surface area contributed by atoms with Crippen LogP contribution in [0.2, 0.25) is 0 Å². The first-order valence-electron chi connectivity index (χ1n) is 11.3. The Kier molecular flexibility index (Phi) is 12.0. The highest BCUT2D eigenvalue weighted by molar-refractivity contribution is 14.2. The van der Waals surface area contributed by atoms with Crippen LogP contribution in [0.15, 0.2) is 52.0 Å². The summed E-state index contributed by atoms with van der Waals surface area (Å²) in [6.45, 7) is 6.70.